The first-order valence-electron chi connectivity index (χ1n) is 6.70. The summed E-state index contributed by atoms with van der Waals surface area (Å²) in [5, 5.41) is 7.32. The highest BCUT2D eigenvalue weighted by Gasteiger charge is 2.08. The molecule has 4 nitrogen and oxygen atoms in total. The van der Waals surface area contributed by atoms with Gasteiger partial charge in [0, 0.05) is 22.8 Å². The van der Waals surface area contributed by atoms with Crippen LogP contribution in [-0.2, 0) is 0 Å². The van der Waals surface area contributed by atoms with E-state index >= 15 is 0 Å². The largest absolute Gasteiger partial charge is 0.370 e. The van der Waals surface area contributed by atoms with E-state index in [-0.39, 0.29) is 0 Å². The van der Waals surface area contributed by atoms with Crippen LogP contribution in [0.5, 0.6) is 0 Å². The predicted molar refractivity (Wildman–Crippen MR) is 85.0 cm³/mol. The molecular formula is C15H19ClN4. The summed E-state index contributed by atoms with van der Waals surface area (Å²) in [7, 11) is 0. The van der Waals surface area contributed by atoms with Crippen LogP contribution in [0, 0.1) is 13.8 Å². The third-order valence-corrected chi connectivity index (χ3v) is 3.31. The summed E-state index contributed by atoms with van der Waals surface area (Å²) in [6, 6.07) is 5.76. The van der Waals surface area contributed by atoms with Crippen molar-refractivity contribution in [2.75, 3.05) is 17.2 Å². The highest BCUT2D eigenvalue weighted by Crippen LogP contribution is 2.26. The Bertz CT molecular complexity index is 598. The van der Waals surface area contributed by atoms with Crippen molar-refractivity contribution in [2.24, 2.45) is 0 Å². The fourth-order valence-corrected chi connectivity index (χ4v) is 2.03. The molecule has 0 aliphatic rings. The van der Waals surface area contributed by atoms with Gasteiger partial charge < -0.3 is 10.6 Å². The molecule has 0 bridgehead atoms. The van der Waals surface area contributed by atoms with Gasteiger partial charge >= 0.3 is 0 Å². The number of rotatable bonds is 5. The molecular weight excluding hydrogens is 272 g/mol. The molecule has 2 rings (SSSR count). The summed E-state index contributed by atoms with van der Waals surface area (Å²) >= 11 is 6.04. The van der Waals surface area contributed by atoms with Gasteiger partial charge in [-0.2, -0.15) is 0 Å². The highest BCUT2D eigenvalue weighted by molar-refractivity contribution is 6.30. The minimum absolute atomic E-state index is 0.703. The quantitative estimate of drug-likeness (QED) is 0.861. The van der Waals surface area contributed by atoms with Crippen molar-refractivity contribution in [3.05, 3.63) is 40.7 Å². The Morgan fingerprint density at radius 3 is 2.65 bits per heavy atom. The first kappa shape index (κ1) is 14.6. The molecule has 0 unspecified atom stereocenters. The average molecular weight is 291 g/mol. The van der Waals surface area contributed by atoms with Crippen LogP contribution in [0.3, 0.4) is 0 Å². The van der Waals surface area contributed by atoms with Crippen molar-refractivity contribution in [2.45, 2.75) is 27.2 Å². The molecule has 2 aromatic rings. The maximum Gasteiger partial charge on any atom is 0.138 e. The predicted octanol–water partition coefficient (Wildman–Crippen LogP) is 4.31. The number of anilines is 3. The molecule has 0 saturated carbocycles. The highest BCUT2D eigenvalue weighted by atomic mass is 35.5. The molecule has 0 fully saturated rings. The van der Waals surface area contributed by atoms with Crippen LogP contribution in [0.15, 0.2) is 24.5 Å². The Balaban J connectivity index is 2.27. The zero-order valence-electron chi connectivity index (χ0n) is 12.0. The SMILES string of the molecule is CCCNc1ncnc(Nc2cc(Cl)ccc2C)c1C. The van der Waals surface area contributed by atoms with Crippen molar-refractivity contribution >= 4 is 28.9 Å². The van der Waals surface area contributed by atoms with Crippen LogP contribution in [0.25, 0.3) is 0 Å². The Labute approximate surface area is 124 Å². The molecule has 1 aromatic carbocycles. The van der Waals surface area contributed by atoms with E-state index in [9.17, 15) is 0 Å². The van der Waals surface area contributed by atoms with Gasteiger partial charge in [0.15, 0.2) is 0 Å². The lowest BCUT2D eigenvalue weighted by Crippen LogP contribution is -2.07. The lowest BCUT2D eigenvalue weighted by Gasteiger charge is -2.14. The fourth-order valence-electron chi connectivity index (χ4n) is 1.85. The van der Waals surface area contributed by atoms with E-state index in [0.29, 0.717) is 5.02 Å². The molecule has 0 spiro atoms. The van der Waals surface area contributed by atoms with Crippen LogP contribution in [0.2, 0.25) is 5.02 Å². The molecule has 20 heavy (non-hydrogen) atoms. The normalized spacial score (nSPS) is 10.4. The number of hydrogen-bond donors (Lipinski definition) is 2. The van der Waals surface area contributed by atoms with E-state index in [1.165, 1.54) is 0 Å². The second-order valence-corrected chi connectivity index (χ2v) is 5.14. The van der Waals surface area contributed by atoms with E-state index in [1.54, 1.807) is 6.33 Å². The first-order valence-corrected chi connectivity index (χ1v) is 7.08. The minimum Gasteiger partial charge on any atom is -0.370 e. The van der Waals surface area contributed by atoms with Crippen molar-refractivity contribution < 1.29 is 0 Å². The van der Waals surface area contributed by atoms with Crippen LogP contribution in [-0.4, -0.2) is 16.5 Å². The number of benzene rings is 1. The van der Waals surface area contributed by atoms with Crippen LogP contribution in [0.1, 0.15) is 24.5 Å². The standard InChI is InChI=1S/C15H19ClN4/c1-4-7-17-14-11(3)15(19-9-18-14)20-13-8-12(16)6-5-10(13)2/h5-6,8-9H,4,7H2,1-3H3,(H2,17,18,19,20). The van der Waals surface area contributed by atoms with E-state index in [0.717, 1.165) is 41.4 Å². The third kappa shape index (κ3) is 3.39. The topological polar surface area (TPSA) is 49.8 Å². The maximum atomic E-state index is 6.04. The van der Waals surface area contributed by atoms with Gasteiger partial charge in [0.25, 0.3) is 0 Å². The molecule has 0 atom stereocenters. The summed E-state index contributed by atoms with van der Waals surface area (Å²) in [5.74, 6) is 1.66. The average Bonchev–Trinajstić information content (AvgIpc) is 2.44. The van der Waals surface area contributed by atoms with Crippen molar-refractivity contribution in [3.63, 3.8) is 0 Å². The minimum atomic E-state index is 0.703. The van der Waals surface area contributed by atoms with Crippen molar-refractivity contribution in [1.82, 2.24) is 9.97 Å². The molecule has 1 heterocycles. The number of halogens is 1. The van der Waals surface area contributed by atoms with Gasteiger partial charge in [0.05, 0.1) is 0 Å². The van der Waals surface area contributed by atoms with E-state index in [2.05, 4.69) is 27.5 Å². The Kier molecular flexibility index (Phi) is 4.79. The number of aryl methyl sites for hydroxylation is 1. The van der Waals surface area contributed by atoms with Crippen LogP contribution in [0.4, 0.5) is 17.3 Å². The van der Waals surface area contributed by atoms with Crippen molar-refractivity contribution in [3.8, 4) is 0 Å². The Morgan fingerprint density at radius 2 is 1.90 bits per heavy atom. The van der Waals surface area contributed by atoms with E-state index < -0.39 is 0 Å². The molecule has 5 heteroatoms. The molecule has 0 radical (unpaired) electrons. The second kappa shape index (κ2) is 6.57. The maximum absolute atomic E-state index is 6.04. The molecule has 1 aromatic heterocycles. The number of nitrogens with one attached hydrogen (secondary N) is 2. The summed E-state index contributed by atoms with van der Waals surface area (Å²) in [4.78, 5) is 8.58. The van der Waals surface area contributed by atoms with Gasteiger partial charge in [-0.3, -0.25) is 0 Å². The lowest BCUT2D eigenvalue weighted by atomic mass is 10.2. The van der Waals surface area contributed by atoms with Gasteiger partial charge in [0.2, 0.25) is 0 Å². The van der Waals surface area contributed by atoms with E-state index in [4.69, 9.17) is 11.6 Å². The summed E-state index contributed by atoms with van der Waals surface area (Å²) in [5.41, 5.74) is 3.08. The summed E-state index contributed by atoms with van der Waals surface area (Å²) < 4.78 is 0. The molecule has 0 aliphatic carbocycles. The van der Waals surface area contributed by atoms with E-state index in [1.807, 2.05) is 32.0 Å². The summed E-state index contributed by atoms with van der Waals surface area (Å²) in [6.07, 6.45) is 2.62. The monoisotopic (exact) mass is 290 g/mol. The smallest absolute Gasteiger partial charge is 0.138 e. The summed E-state index contributed by atoms with van der Waals surface area (Å²) in [6.45, 7) is 7.05. The van der Waals surface area contributed by atoms with Gasteiger partial charge in [-0.05, 0) is 38.0 Å². The molecule has 0 aliphatic heterocycles. The molecule has 106 valence electrons. The zero-order valence-corrected chi connectivity index (χ0v) is 12.8. The van der Waals surface area contributed by atoms with Crippen LogP contribution >= 0.6 is 11.6 Å². The zero-order chi connectivity index (χ0) is 14.5. The van der Waals surface area contributed by atoms with Gasteiger partial charge in [-0.25, -0.2) is 9.97 Å². The fraction of sp³-hybridized carbons (Fsp3) is 0.333. The molecule has 0 saturated heterocycles. The Morgan fingerprint density at radius 1 is 1.15 bits per heavy atom. The van der Waals surface area contributed by atoms with Gasteiger partial charge in [0.1, 0.15) is 18.0 Å². The number of aromatic nitrogens is 2. The second-order valence-electron chi connectivity index (χ2n) is 4.71. The van der Waals surface area contributed by atoms with Crippen LogP contribution < -0.4 is 10.6 Å². The Hall–Kier alpha value is -1.81. The molecule has 0 amide bonds. The third-order valence-electron chi connectivity index (χ3n) is 3.08. The first-order chi connectivity index (χ1) is 9.61. The lowest BCUT2D eigenvalue weighted by molar-refractivity contribution is 0.960. The van der Waals surface area contributed by atoms with Gasteiger partial charge in [-0.1, -0.05) is 24.6 Å². The molecule has 2 N–H and O–H groups in total. The van der Waals surface area contributed by atoms with Gasteiger partial charge in [-0.15, -0.1) is 0 Å². The number of nitrogens with zero attached hydrogens (tertiary/aromatic N) is 2. The number of hydrogen-bond acceptors (Lipinski definition) is 4. The van der Waals surface area contributed by atoms with Crippen molar-refractivity contribution in [1.29, 1.82) is 0 Å².